The minimum Gasteiger partial charge on any atom is -0.508 e. The van der Waals surface area contributed by atoms with E-state index in [1.54, 1.807) is 18.2 Å². The van der Waals surface area contributed by atoms with Crippen LogP contribution in [0.25, 0.3) is 5.76 Å². The molecule has 1 saturated heterocycles. The van der Waals surface area contributed by atoms with Crippen molar-refractivity contribution in [2.24, 2.45) is 0 Å². The molecule has 5 nitrogen and oxygen atoms in total. The lowest BCUT2D eigenvalue weighted by Crippen LogP contribution is -2.29. The van der Waals surface area contributed by atoms with Crippen molar-refractivity contribution < 1.29 is 24.2 Å². The fraction of sp³-hybridized carbons (Fsp3) is 0.0435. The highest BCUT2D eigenvalue weighted by atomic mass is 35.5. The fourth-order valence-corrected chi connectivity index (χ4v) is 3.68. The van der Waals surface area contributed by atoms with Crippen LogP contribution in [0.1, 0.15) is 17.2 Å². The summed E-state index contributed by atoms with van der Waals surface area (Å²) in [7, 11) is 0. The summed E-state index contributed by atoms with van der Waals surface area (Å²) in [4.78, 5) is 27.0. The van der Waals surface area contributed by atoms with Gasteiger partial charge < -0.3 is 10.2 Å². The van der Waals surface area contributed by atoms with E-state index in [1.165, 1.54) is 48.5 Å². The molecule has 150 valence electrons. The number of aliphatic hydroxyl groups is 1. The van der Waals surface area contributed by atoms with Gasteiger partial charge in [0.1, 0.15) is 17.3 Å². The van der Waals surface area contributed by atoms with Crippen LogP contribution in [0.3, 0.4) is 0 Å². The minimum absolute atomic E-state index is 0.00343. The Morgan fingerprint density at radius 1 is 0.967 bits per heavy atom. The maximum atomic E-state index is 13.9. The number of hydrogen-bond acceptors (Lipinski definition) is 4. The van der Waals surface area contributed by atoms with Crippen molar-refractivity contribution in [2.45, 2.75) is 6.04 Å². The normalized spacial score (nSPS) is 18.1. The van der Waals surface area contributed by atoms with Crippen molar-refractivity contribution in [1.82, 2.24) is 0 Å². The molecule has 0 aliphatic carbocycles. The molecule has 1 unspecified atom stereocenters. The molecule has 1 aliphatic heterocycles. The van der Waals surface area contributed by atoms with E-state index in [-0.39, 0.29) is 22.6 Å². The lowest BCUT2D eigenvalue weighted by atomic mass is 9.95. The Labute approximate surface area is 176 Å². The number of phenols is 1. The van der Waals surface area contributed by atoms with Crippen LogP contribution in [0.4, 0.5) is 10.1 Å². The zero-order chi connectivity index (χ0) is 21.4. The zero-order valence-corrected chi connectivity index (χ0v) is 16.2. The van der Waals surface area contributed by atoms with Gasteiger partial charge in [0.05, 0.1) is 11.6 Å². The Balaban J connectivity index is 1.96. The van der Waals surface area contributed by atoms with E-state index in [0.717, 1.165) is 11.0 Å². The fourth-order valence-electron chi connectivity index (χ4n) is 3.49. The minimum atomic E-state index is -1.02. The van der Waals surface area contributed by atoms with Crippen LogP contribution in [-0.4, -0.2) is 21.9 Å². The summed E-state index contributed by atoms with van der Waals surface area (Å²) < 4.78 is 13.9. The Morgan fingerprint density at radius 2 is 1.67 bits per heavy atom. The summed E-state index contributed by atoms with van der Waals surface area (Å²) in [6, 6.07) is 16.4. The first-order valence-corrected chi connectivity index (χ1v) is 9.36. The number of nitrogens with zero attached hydrogens (tertiary/aromatic N) is 1. The van der Waals surface area contributed by atoms with Crippen molar-refractivity contribution in [1.29, 1.82) is 0 Å². The Bertz CT molecular complexity index is 1190. The largest absolute Gasteiger partial charge is 0.508 e. The smallest absolute Gasteiger partial charge is 0.300 e. The molecular formula is C23H15ClFNO4. The van der Waals surface area contributed by atoms with Crippen molar-refractivity contribution in [2.75, 3.05) is 4.90 Å². The average molecular weight is 424 g/mol. The van der Waals surface area contributed by atoms with Crippen LogP contribution in [0.2, 0.25) is 5.02 Å². The second-order valence-electron chi connectivity index (χ2n) is 6.75. The van der Waals surface area contributed by atoms with Gasteiger partial charge in [-0.25, -0.2) is 4.39 Å². The van der Waals surface area contributed by atoms with Gasteiger partial charge in [-0.3, -0.25) is 14.5 Å². The monoisotopic (exact) mass is 423 g/mol. The standard InChI is InChI=1S/C23H15ClFNO4/c24-15-4-1-3-14(11-15)21(28)19-20(13-7-9-18(27)10-8-13)26(23(30)22(19)29)17-6-2-5-16(25)12-17/h1-12,20,27-28H/b21-19+. The molecule has 7 heteroatoms. The van der Waals surface area contributed by atoms with Gasteiger partial charge in [0.25, 0.3) is 11.7 Å². The van der Waals surface area contributed by atoms with Crippen LogP contribution in [0, 0.1) is 5.82 Å². The van der Waals surface area contributed by atoms with Crippen LogP contribution in [0.15, 0.2) is 78.4 Å². The van der Waals surface area contributed by atoms with E-state index in [2.05, 4.69) is 0 Å². The summed E-state index contributed by atoms with van der Waals surface area (Å²) >= 11 is 6.01. The van der Waals surface area contributed by atoms with Gasteiger partial charge in [0.15, 0.2) is 0 Å². The first-order chi connectivity index (χ1) is 14.4. The first-order valence-electron chi connectivity index (χ1n) is 8.98. The summed E-state index contributed by atoms with van der Waals surface area (Å²) in [6.07, 6.45) is 0. The molecule has 4 rings (SSSR count). The molecule has 3 aromatic rings. The number of carbonyl (C=O) groups excluding carboxylic acids is 2. The molecular weight excluding hydrogens is 409 g/mol. The van der Waals surface area contributed by atoms with Crippen molar-refractivity contribution in [3.63, 3.8) is 0 Å². The number of phenolic OH excluding ortho intramolecular Hbond substituents is 1. The quantitative estimate of drug-likeness (QED) is 0.360. The predicted octanol–water partition coefficient (Wildman–Crippen LogP) is 4.81. The number of hydrogen-bond donors (Lipinski definition) is 2. The summed E-state index contributed by atoms with van der Waals surface area (Å²) in [5.41, 5.74) is 0.737. The van der Waals surface area contributed by atoms with Gasteiger partial charge in [0.2, 0.25) is 0 Å². The number of ketones is 1. The van der Waals surface area contributed by atoms with E-state index < -0.39 is 29.3 Å². The van der Waals surface area contributed by atoms with E-state index >= 15 is 0 Å². The van der Waals surface area contributed by atoms with Gasteiger partial charge in [-0.05, 0) is 48.0 Å². The molecule has 0 radical (unpaired) electrons. The number of benzene rings is 3. The highest BCUT2D eigenvalue weighted by molar-refractivity contribution is 6.51. The van der Waals surface area contributed by atoms with Gasteiger partial charge >= 0.3 is 0 Å². The number of aromatic hydroxyl groups is 1. The lowest BCUT2D eigenvalue weighted by molar-refractivity contribution is -0.132. The molecule has 1 amide bonds. The second-order valence-corrected chi connectivity index (χ2v) is 7.19. The van der Waals surface area contributed by atoms with Crippen molar-refractivity contribution in [3.8, 4) is 5.75 Å². The second kappa shape index (κ2) is 7.65. The first kappa shape index (κ1) is 19.7. The molecule has 30 heavy (non-hydrogen) atoms. The number of halogens is 2. The third kappa shape index (κ3) is 3.42. The van der Waals surface area contributed by atoms with E-state index in [9.17, 15) is 24.2 Å². The number of carbonyl (C=O) groups is 2. The molecule has 2 N–H and O–H groups in total. The van der Waals surface area contributed by atoms with Crippen LogP contribution < -0.4 is 4.90 Å². The van der Waals surface area contributed by atoms with E-state index in [1.807, 2.05) is 0 Å². The number of rotatable bonds is 3. The maximum absolute atomic E-state index is 13.9. The van der Waals surface area contributed by atoms with Gasteiger partial charge in [-0.15, -0.1) is 0 Å². The molecule has 3 aromatic carbocycles. The zero-order valence-electron chi connectivity index (χ0n) is 15.4. The van der Waals surface area contributed by atoms with Gasteiger partial charge in [-0.2, -0.15) is 0 Å². The molecule has 0 saturated carbocycles. The molecule has 0 aromatic heterocycles. The number of aliphatic hydroxyl groups excluding tert-OH is 1. The van der Waals surface area contributed by atoms with Crippen molar-refractivity contribution >= 4 is 34.7 Å². The van der Waals surface area contributed by atoms with Crippen LogP contribution >= 0.6 is 11.6 Å². The maximum Gasteiger partial charge on any atom is 0.300 e. The van der Waals surface area contributed by atoms with Gasteiger partial charge in [0, 0.05) is 16.3 Å². The molecule has 1 atom stereocenters. The van der Waals surface area contributed by atoms with Gasteiger partial charge in [-0.1, -0.05) is 41.9 Å². The summed E-state index contributed by atoms with van der Waals surface area (Å²) in [5, 5.41) is 20.9. The van der Waals surface area contributed by atoms with Crippen molar-refractivity contribution in [3.05, 3.63) is 100 Å². The summed E-state index contributed by atoms with van der Waals surface area (Å²) in [6.45, 7) is 0. The topological polar surface area (TPSA) is 77.8 Å². The van der Waals surface area contributed by atoms with E-state index in [0.29, 0.717) is 10.6 Å². The van der Waals surface area contributed by atoms with E-state index in [4.69, 9.17) is 11.6 Å². The highest BCUT2D eigenvalue weighted by Crippen LogP contribution is 2.42. The Hall–Kier alpha value is -3.64. The number of amides is 1. The SMILES string of the molecule is O=C1C(=O)N(c2cccc(F)c2)C(c2ccc(O)cc2)/C1=C(\O)c1cccc(Cl)c1. The molecule has 1 heterocycles. The Morgan fingerprint density at radius 3 is 2.33 bits per heavy atom. The number of Topliss-reactive ketones (excluding diaryl/α,β-unsaturated/α-hetero) is 1. The molecule has 1 aliphatic rings. The third-order valence-corrected chi connectivity index (χ3v) is 5.07. The number of anilines is 1. The Kier molecular flexibility index (Phi) is 5.01. The van der Waals surface area contributed by atoms with Crippen LogP contribution in [-0.2, 0) is 9.59 Å². The van der Waals surface area contributed by atoms with Crippen LogP contribution in [0.5, 0.6) is 5.75 Å². The highest BCUT2D eigenvalue weighted by Gasteiger charge is 2.47. The lowest BCUT2D eigenvalue weighted by Gasteiger charge is -2.25. The molecule has 0 spiro atoms. The predicted molar refractivity (Wildman–Crippen MR) is 111 cm³/mol. The molecule has 0 bridgehead atoms. The summed E-state index contributed by atoms with van der Waals surface area (Å²) in [5.74, 6) is -2.78. The third-order valence-electron chi connectivity index (χ3n) is 4.84. The average Bonchev–Trinajstić information content (AvgIpc) is 2.99. The molecule has 1 fully saturated rings.